The van der Waals surface area contributed by atoms with Crippen LogP contribution in [0.2, 0.25) is 0 Å². The van der Waals surface area contributed by atoms with Gasteiger partial charge in [-0.15, -0.1) is 0 Å². The Morgan fingerprint density at radius 3 is 2.28 bits per heavy atom. The van der Waals surface area contributed by atoms with E-state index in [1.807, 2.05) is 30.3 Å². The van der Waals surface area contributed by atoms with Crippen LogP contribution in [-0.2, 0) is 0 Å². The topological polar surface area (TPSA) is 49.7 Å². The van der Waals surface area contributed by atoms with E-state index in [9.17, 15) is 10.2 Å². The highest BCUT2D eigenvalue weighted by Crippen LogP contribution is 2.24. The zero-order valence-electron chi connectivity index (χ0n) is 10.00. The van der Waals surface area contributed by atoms with Gasteiger partial charge in [-0.25, -0.2) is 0 Å². The average molecular weight is 242 g/mol. The fourth-order valence-corrected chi connectivity index (χ4v) is 1.57. The van der Waals surface area contributed by atoms with Crippen LogP contribution in [0.15, 0.2) is 42.5 Å². The fraction of sp³-hybridized carbons (Fsp3) is 0.0667. The Bertz CT molecular complexity index is 556. The van der Waals surface area contributed by atoms with Gasteiger partial charge in [0.2, 0.25) is 0 Å². The number of methoxy groups -OCH3 is 1. The molecule has 0 aromatic heterocycles. The molecule has 92 valence electrons. The second kappa shape index (κ2) is 5.27. The maximum atomic E-state index is 9.62. The van der Waals surface area contributed by atoms with Gasteiger partial charge in [0.15, 0.2) is 0 Å². The number of benzene rings is 2. The van der Waals surface area contributed by atoms with Gasteiger partial charge in [-0.05, 0) is 29.8 Å². The first-order chi connectivity index (χ1) is 8.69. The van der Waals surface area contributed by atoms with Crippen molar-refractivity contribution in [3.05, 3.63) is 53.6 Å². The van der Waals surface area contributed by atoms with Crippen molar-refractivity contribution >= 4 is 12.2 Å². The van der Waals surface area contributed by atoms with Crippen molar-refractivity contribution in [3.63, 3.8) is 0 Å². The monoisotopic (exact) mass is 242 g/mol. The molecule has 0 fully saturated rings. The van der Waals surface area contributed by atoms with Crippen molar-refractivity contribution in [2.45, 2.75) is 0 Å². The van der Waals surface area contributed by atoms with Gasteiger partial charge in [0.05, 0.1) is 7.11 Å². The van der Waals surface area contributed by atoms with Gasteiger partial charge in [0.1, 0.15) is 17.2 Å². The van der Waals surface area contributed by atoms with E-state index in [1.54, 1.807) is 19.3 Å². The summed E-state index contributed by atoms with van der Waals surface area (Å²) in [6.45, 7) is 0. The molecule has 0 unspecified atom stereocenters. The Balaban J connectivity index is 2.19. The quantitative estimate of drug-likeness (QED) is 0.812. The van der Waals surface area contributed by atoms with E-state index in [0.29, 0.717) is 5.56 Å². The Morgan fingerprint density at radius 2 is 1.67 bits per heavy atom. The fourth-order valence-electron chi connectivity index (χ4n) is 1.57. The van der Waals surface area contributed by atoms with Gasteiger partial charge in [0, 0.05) is 11.6 Å². The molecule has 0 bridgehead atoms. The molecular weight excluding hydrogens is 228 g/mol. The third-order valence-electron chi connectivity index (χ3n) is 2.59. The van der Waals surface area contributed by atoms with Crippen molar-refractivity contribution in [1.29, 1.82) is 0 Å². The Kier molecular flexibility index (Phi) is 3.53. The summed E-state index contributed by atoms with van der Waals surface area (Å²) in [5.74, 6) is 0.911. The van der Waals surface area contributed by atoms with Crippen molar-refractivity contribution in [2.24, 2.45) is 0 Å². The van der Waals surface area contributed by atoms with E-state index in [2.05, 4.69) is 0 Å². The van der Waals surface area contributed by atoms with E-state index in [1.165, 1.54) is 12.1 Å². The lowest BCUT2D eigenvalue weighted by Gasteiger charge is -2.01. The van der Waals surface area contributed by atoms with Crippen LogP contribution in [0.1, 0.15) is 11.1 Å². The van der Waals surface area contributed by atoms with Gasteiger partial charge in [-0.3, -0.25) is 0 Å². The first-order valence-corrected chi connectivity index (χ1v) is 5.53. The van der Waals surface area contributed by atoms with Crippen LogP contribution < -0.4 is 4.74 Å². The predicted molar refractivity (Wildman–Crippen MR) is 71.7 cm³/mol. The lowest BCUT2D eigenvalue weighted by molar-refractivity contribution is 0.415. The van der Waals surface area contributed by atoms with E-state index < -0.39 is 0 Å². The standard InChI is InChI=1S/C15H14O3/c1-18-14-8-3-11(4-9-14)2-5-12-6-7-13(16)10-15(12)17/h2-10,16-17H,1H3/b5-2-. The summed E-state index contributed by atoms with van der Waals surface area (Å²) < 4.78 is 5.07. The van der Waals surface area contributed by atoms with Gasteiger partial charge >= 0.3 is 0 Å². The van der Waals surface area contributed by atoms with Crippen LogP contribution in [0.5, 0.6) is 17.2 Å². The molecule has 0 aliphatic rings. The first-order valence-electron chi connectivity index (χ1n) is 5.53. The Morgan fingerprint density at radius 1 is 0.944 bits per heavy atom. The molecule has 0 amide bonds. The lowest BCUT2D eigenvalue weighted by Crippen LogP contribution is -1.81. The summed E-state index contributed by atoms with van der Waals surface area (Å²) in [6.07, 6.45) is 3.67. The number of phenols is 2. The number of aromatic hydroxyl groups is 2. The normalized spacial score (nSPS) is 10.7. The van der Waals surface area contributed by atoms with Crippen molar-refractivity contribution in [1.82, 2.24) is 0 Å². The van der Waals surface area contributed by atoms with E-state index in [-0.39, 0.29) is 11.5 Å². The molecule has 0 saturated heterocycles. The largest absolute Gasteiger partial charge is 0.508 e. The molecule has 3 nitrogen and oxygen atoms in total. The molecule has 0 aliphatic heterocycles. The summed E-state index contributed by atoms with van der Waals surface area (Å²) in [5, 5.41) is 18.8. The van der Waals surface area contributed by atoms with E-state index in [0.717, 1.165) is 11.3 Å². The van der Waals surface area contributed by atoms with Crippen LogP contribution in [-0.4, -0.2) is 17.3 Å². The molecule has 0 heterocycles. The van der Waals surface area contributed by atoms with E-state index in [4.69, 9.17) is 4.74 Å². The van der Waals surface area contributed by atoms with Crippen LogP contribution in [0, 0.1) is 0 Å². The zero-order chi connectivity index (χ0) is 13.0. The zero-order valence-corrected chi connectivity index (χ0v) is 10.00. The summed E-state index contributed by atoms with van der Waals surface area (Å²) in [5.41, 5.74) is 1.66. The predicted octanol–water partition coefficient (Wildman–Crippen LogP) is 3.28. The number of rotatable bonds is 3. The summed E-state index contributed by atoms with van der Waals surface area (Å²) in [4.78, 5) is 0. The van der Waals surface area contributed by atoms with Gasteiger partial charge in [-0.1, -0.05) is 24.3 Å². The molecule has 0 aliphatic carbocycles. The van der Waals surface area contributed by atoms with Crippen LogP contribution in [0.3, 0.4) is 0 Å². The van der Waals surface area contributed by atoms with Crippen molar-refractivity contribution in [3.8, 4) is 17.2 Å². The van der Waals surface area contributed by atoms with Crippen molar-refractivity contribution in [2.75, 3.05) is 7.11 Å². The maximum absolute atomic E-state index is 9.62. The number of phenolic OH excluding ortho intramolecular Hbond substituents is 2. The number of hydrogen-bond donors (Lipinski definition) is 2. The number of ether oxygens (including phenoxy) is 1. The second-order valence-corrected chi connectivity index (χ2v) is 3.85. The van der Waals surface area contributed by atoms with E-state index >= 15 is 0 Å². The molecule has 0 saturated carbocycles. The molecular formula is C15H14O3. The summed E-state index contributed by atoms with van der Waals surface area (Å²) in [6, 6.07) is 12.1. The number of hydrogen-bond acceptors (Lipinski definition) is 3. The Labute approximate surface area is 106 Å². The highest BCUT2D eigenvalue weighted by molar-refractivity contribution is 5.73. The minimum absolute atomic E-state index is 0.0501. The molecule has 18 heavy (non-hydrogen) atoms. The smallest absolute Gasteiger partial charge is 0.126 e. The van der Waals surface area contributed by atoms with Crippen LogP contribution >= 0.6 is 0 Å². The molecule has 2 aromatic carbocycles. The summed E-state index contributed by atoms with van der Waals surface area (Å²) >= 11 is 0. The van der Waals surface area contributed by atoms with Crippen LogP contribution in [0.4, 0.5) is 0 Å². The SMILES string of the molecule is COc1ccc(/C=C\c2ccc(O)cc2O)cc1. The first kappa shape index (κ1) is 12.0. The molecule has 3 heteroatoms. The lowest BCUT2D eigenvalue weighted by atomic mass is 10.1. The molecule has 2 N–H and O–H groups in total. The van der Waals surface area contributed by atoms with Gasteiger partial charge in [0.25, 0.3) is 0 Å². The third-order valence-corrected chi connectivity index (χ3v) is 2.59. The van der Waals surface area contributed by atoms with Gasteiger partial charge in [-0.2, -0.15) is 0 Å². The molecule has 0 spiro atoms. The van der Waals surface area contributed by atoms with Crippen molar-refractivity contribution < 1.29 is 14.9 Å². The molecule has 0 radical (unpaired) electrons. The Hall–Kier alpha value is -2.42. The average Bonchev–Trinajstić information content (AvgIpc) is 2.38. The maximum Gasteiger partial charge on any atom is 0.126 e. The third kappa shape index (κ3) is 2.83. The molecule has 0 atom stereocenters. The minimum Gasteiger partial charge on any atom is -0.508 e. The summed E-state index contributed by atoms with van der Waals surface area (Å²) in [7, 11) is 1.62. The highest BCUT2D eigenvalue weighted by atomic mass is 16.5. The van der Waals surface area contributed by atoms with Gasteiger partial charge < -0.3 is 14.9 Å². The molecule has 2 aromatic rings. The van der Waals surface area contributed by atoms with Crippen LogP contribution in [0.25, 0.3) is 12.2 Å². The molecule has 2 rings (SSSR count). The highest BCUT2D eigenvalue weighted by Gasteiger charge is 1.98. The second-order valence-electron chi connectivity index (χ2n) is 3.85. The minimum atomic E-state index is 0.0501.